The fourth-order valence-corrected chi connectivity index (χ4v) is 3.52. The summed E-state index contributed by atoms with van der Waals surface area (Å²) in [4.78, 5) is 0. The van der Waals surface area contributed by atoms with Gasteiger partial charge >= 0.3 is 0 Å². The minimum absolute atomic E-state index is 0.665. The molecule has 3 nitrogen and oxygen atoms in total. The van der Waals surface area contributed by atoms with Crippen molar-refractivity contribution in [3.63, 3.8) is 0 Å². The molecule has 1 saturated heterocycles. The van der Waals surface area contributed by atoms with E-state index < -0.39 is 0 Å². The van der Waals surface area contributed by atoms with Crippen LogP contribution in [0, 0.1) is 17.2 Å². The lowest BCUT2D eigenvalue weighted by Gasteiger charge is -2.12. The summed E-state index contributed by atoms with van der Waals surface area (Å²) < 4.78 is 2.36. The van der Waals surface area contributed by atoms with Crippen molar-refractivity contribution < 1.29 is 0 Å². The molecule has 2 atom stereocenters. The molecule has 1 aliphatic rings. The van der Waals surface area contributed by atoms with Gasteiger partial charge in [0.2, 0.25) is 0 Å². The van der Waals surface area contributed by atoms with Gasteiger partial charge in [0.1, 0.15) is 0 Å². The van der Waals surface area contributed by atoms with Crippen molar-refractivity contribution in [3.8, 4) is 6.07 Å². The van der Waals surface area contributed by atoms with Gasteiger partial charge in [0.05, 0.1) is 11.6 Å². The van der Waals surface area contributed by atoms with Crippen LogP contribution in [0.5, 0.6) is 0 Å². The van der Waals surface area contributed by atoms with Crippen LogP contribution in [0.2, 0.25) is 0 Å². The normalized spacial score (nSPS) is 21.8. The zero-order valence-corrected chi connectivity index (χ0v) is 12.9. The Morgan fingerprint density at radius 1 is 1.38 bits per heavy atom. The van der Waals surface area contributed by atoms with E-state index in [2.05, 4.69) is 41.9 Å². The quantitative estimate of drug-likeness (QED) is 0.932. The number of hydrogen-bond acceptors (Lipinski definition) is 2. The molecule has 110 valence electrons. The van der Waals surface area contributed by atoms with E-state index in [4.69, 9.17) is 5.26 Å². The molecule has 0 saturated carbocycles. The van der Waals surface area contributed by atoms with Crippen molar-refractivity contribution in [2.75, 3.05) is 6.54 Å². The van der Waals surface area contributed by atoms with Crippen molar-refractivity contribution in [2.24, 2.45) is 5.92 Å². The zero-order valence-electron chi connectivity index (χ0n) is 12.9. The maximum Gasteiger partial charge on any atom is 0.0992 e. The van der Waals surface area contributed by atoms with E-state index in [1.807, 2.05) is 12.1 Å². The summed E-state index contributed by atoms with van der Waals surface area (Å²) in [6.07, 6.45) is 3.60. The van der Waals surface area contributed by atoms with E-state index in [0.29, 0.717) is 6.04 Å². The lowest BCUT2D eigenvalue weighted by Crippen LogP contribution is -2.22. The number of fused-ring (bicyclic) bond motifs is 1. The van der Waals surface area contributed by atoms with Crippen LogP contribution in [0.1, 0.15) is 37.9 Å². The Hall–Kier alpha value is -1.79. The van der Waals surface area contributed by atoms with E-state index in [-0.39, 0.29) is 0 Å². The number of benzene rings is 1. The molecule has 1 aromatic heterocycles. The van der Waals surface area contributed by atoms with E-state index in [1.54, 1.807) is 0 Å². The molecule has 3 rings (SSSR count). The first kappa shape index (κ1) is 14.2. The molecule has 0 amide bonds. The predicted octanol–water partition coefficient (Wildman–Crippen LogP) is 3.46. The standard InChI is InChI=1S/C18H23N3/c1-3-21-17(7-6-16-8-13(2)12-20-16)10-15-5-4-14(11-19)9-18(15)21/h4-5,9-10,13,16,20H,3,6-8,12H2,1-2H3/t13-,16-/m0/s1. The summed E-state index contributed by atoms with van der Waals surface area (Å²) in [5, 5.41) is 13.9. The molecular weight excluding hydrogens is 258 g/mol. The maximum absolute atomic E-state index is 9.07. The lowest BCUT2D eigenvalue weighted by molar-refractivity contribution is 0.534. The largest absolute Gasteiger partial charge is 0.345 e. The van der Waals surface area contributed by atoms with Gasteiger partial charge in [-0.1, -0.05) is 13.0 Å². The second kappa shape index (κ2) is 5.91. The van der Waals surface area contributed by atoms with Crippen molar-refractivity contribution in [3.05, 3.63) is 35.5 Å². The molecule has 1 aromatic carbocycles. The lowest BCUT2D eigenvalue weighted by atomic mass is 10.0. The summed E-state index contributed by atoms with van der Waals surface area (Å²) in [7, 11) is 0. The minimum atomic E-state index is 0.665. The van der Waals surface area contributed by atoms with Gasteiger partial charge in [0, 0.05) is 23.8 Å². The Bertz CT molecular complexity index is 678. The highest BCUT2D eigenvalue weighted by Crippen LogP contribution is 2.24. The van der Waals surface area contributed by atoms with Gasteiger partial charge in [0.25, 0.3) is 0 Å². The summed E-state index contributed by atoms with van der Waals surface area (Å²) in [6.45, 7) is 6.62. The predicted molar refractivity (Wildman–Crippen MR) is 86.2 cm³/mol. The average molecular weight is 281 g/mol. The van der Waals surface area contributed by atoms with Gasteiger partial charge in [-0.15, -0.1) is 0 Å². The summed E-state index contributed by atoms with van der Waals surface area (Å²) in [5.74, 6) is 0.810. The molecule has 21 heavy (non-hydrogen) atoms. The second-order valence-corrected chi connectivity index (χ2v) is 6.25. The first-order valence-corrected chi connectivity index (χ1v) is 7.97. The molecule has 0 unspecified atom stereocenters. The van der Waals surface area contributed by atoms with E-state index in [1.165, 1.54) is 29.4 Å². The second-order valence-electron chi connectivity index (χ2n) is 6.25. The van der Waals surface area contributed by atoms with Crippen molar-refractivity contribution in [1.82, 2.24) is 9.88 Å². The molecule has 0 aliphatic carbocycles. The van der Waals surface area contributed by atoms with Gasteiger partial charge < -0.3 is 9.88 Å². The van der Waals surface area contributed by atoms with Gasteiger partial charge in [-0.05, 0) is 62.2 Å². The highest BCUT2D eigenvalue weighted by Gasteiger charge is 2.20. The Morgan fingerprint density at radius 3 is 2.90 bits per heavy atom. The van der Waals surface area contributed by atoms with Crippen LogP contribution in [0.15, 0.2) is 24.3 Å². The Morgan fingerprint density at radius 2 is 2.24 bits per heavy atom. The number of hydrogen-bond donors (Lipinski definition) is 1. The van der Waals surface area contributed by atoms with Gasteiger partial charge in [-0.25, -0.2) is 0 Å². The number of aryl methyl sites for hydroxylation is 2. The monoisotopic (exact) mass is 281 g/mol. The minimum Gasteiger partial charge on any atom is -0.345 e. The third-order valence-electron chi connectivity index (χ3n) is 4.63. The fourth-order valence-electron chi connectivity index (χ4n) is 3.52. The van der Waals surface area contributed by atoms with E-state index >= 15 is 0 Å². The van der Waals surface area contributed by atoms with Crippen molar-refractivity contribution >= 4 is 10.9 Å². The highest BCUT2D eigenvalue weighted by molar-refractivity contribution is 5.82. The molecule has 3 heteroatoms. The Balaban J connectivity index is 1.83. The summed E-state index contributed by atoms with van der Waals surface area (Å²) in [6, 6.07) is 11.2. The number of nitriles is 1. The van der Waals surface area contributed by atoms with E-state index in [9.17, 15) is 0 Å². The van der Waals surface area contributed by atoms with Crippen LogP contribution in [0.4, 0.5) is 0 Å². The molecule has 0 radical (unpaired) electrons. The topological polar surface area (TPSA) is 40.8 Å². The van der Waals surface area contributed by atoms with Gasteiger partial charge in [-0.3, -0.25) is 0 Å². The molecule has 0 spiro atoms. The molecular formula is C18H23N3. The van der Waals surface area contributed by atoms with E-state index in [0.717, 1.165) is 31.0 Å². The molecule has 1 N–H and O–H groups in total. The highest BCUT2D eigenvalue weighted by atomic mass is 15.0. The van der Waals surface area contributed by atoms with Crippen LogP contribution in [0.3, 0.4) is 0 Å². The van der Waals surface area contributed by atoms with Crippen LogP contribution in [-0.4, -0.2) is 17.2 Å². The SMILES string of the molecule is CCn1c(CC[C@H]2C[C@H](C)CN2)cc2ccc(C#N)cc21. The number of rotatable bonds is 4. The fraction of sp³-hybridized carbons (Fsp3) is 0.500. The van der Waals surface area contributed by atoms with Gasteiger partial charge in [-0.2, -0.15) is 5.26 Å². The number of aromatic nitrogens is 1. The van der Waals surface area contributed by atoms with Gasteiger partial charge in [0.15, 0.2) is 0 Å². The number of nitrogens with zero attached hydrogens (tertiary/aromatic N) is 2. The molecule has 0 bridgehead atoms. The first-order valence-electron chi connectivity index (χ1n) is 7.97. The summed E-state index contributed by atoms with van der Waals surface area (Å²) >= 11 is 0. The number of nitrogens with one attached hydrogen (secondary N) is 1. The first-order chi connectivity index (χ1) is 10.2. The van der Waals surface area contributed by atoms with Crippen LogP contribution in [0.25, 0.3) is 10.9 Å². The van der Waals surface area contributed by atoms with Crippen LogP contribution >= 0.6 is 0 Å². The summed E-state index contributed by atoms with van der Waals surface area (Å²) in [5.41, 5.74) is 3.33. The Labute approximate surface area is 126 Å². The van der Waals surface area contributed by atoms with Crippen LogP contribution in [-0.2, 0) is 13.0 Å². The third-order valence-corrected chi connectivity index (χ3v) is 4.63. The molecule has 1 aliphatic heterocycles. The van der Waals surface area contributed by atoms with Crippen LogP contribution < -0.4 is 5.32 Å². The Kier molecular flexibility index (Phi) is 3.98. The van der Waals surface area contributed by atoms with Crippen molar-refractivity contribution in [1.29, 1.82) is 5.26 Å². The third kappa shape index (κ3) is 2.82. The zero-order chi connectivity index (χ0) is 14.8. The average Bonchev–Trinajstić information content (AvgIpc) is 3.07. The maximum atomic E-state index is 9.07. The van der Waals surface area contributed by atoms with Crippen molar-refractivity contribution in [2.45, 2.75) is 45.7 Å². The molecule has 2 heterocycles. The smallest absolute Gasteiger partial charge is 0.0992 e. The molecule has 1 fully saturated rings. The molecule has 2 aromatic rings.